The first-order valence-electron chi connectivity index (χ1n) is 9.79. The lowest BCUT2D eigenvalue weighted by atomic mass is 9.99. The Labute approximate surface area is 160 Å². The summed E-state index contributed by atoms with van der Waals surface area (Å²) in [5.74, 6) is 1.00. The highest BCUT2D eigenvalue weighted by atomic mass is 16.5. The summed E-state index contributed by atoms with van der Waals surface area (Å²) in [6.07, 6.45) is 4.06. The zero-order valence-corrected chi connectivity index (χ0v) is 16.3. The molecule has 1 aromatic heterocycles. The van der Waals surface area contributed by atoms with Crippen LogP contribution in [0.2, 0.25) is 0 Å². The number of benzene rings is 1. The van der Waals surface area contributed by atoms with Gasteiger partial charge in [0.1, 0.15) is 5.75 Å². The molecular formula is C20H29N5O2. The summed E-state index contributed by atoms with van der Waals surface area (Å²) in [5.41, 5.74) is 2.33. The van der Waals surface area contributed by atoms with Gasteiger partial charge in [-0.1, -0.05) is 23.4 Å². The second-order valence-corrected chi connectivity index (χ2v) is 7.72. The molecule has 3 heterocycles. The van der Waals surface area contributed by atoms with Crippen molar-refractivity contribution in [3.05, 3.63) is 41.7 Å². The largest absolute Gasteiger partial charge is 0.493 e. The Morgan fingerprint density at radius 3 is 3.07 bits per heavy atom. The first kappa shape index (κ1) is 18.4. The number of rotatable bonds is 7. The van der Waals surface area contributed by atoms with Crippen molar-refractivity contribution in [1.29, 1.82) is 0 Å². The van der Waals surface area contributed by atoms with Crippen molar-refractivity contribution in [1.82, 2.24) is 24.8 Å². The van der Waals surface area contributed by atoms with Crippen LogP contribution in [0, 0.1) is 0 Å². The summed E-state index contributed by atoms with van der Waals surface area (Å²) in [6, 6.07) is 8.70. The summed E-state index contributed by atoms with van der Waals surface area (Å²) in [6.45, 7) is 5.23. The maximum atomic E-state index is 6.09. The molecule has 4 rings (SSSR count). The number of hydrogen-bond donors (Lipinski definition) is 0. The van der Waals surface area contributed by atoms with E-state index in [-0.39, 0.29) is 6.10 Å². The number of nitrogens with zero attached hydrogens (tertiary/aromatic N) is 5. The van der Waals surface area contributed by atoms with Crippen LogP contribution < -0.4 is 4.74 Å². The minimum atomic E-state index is 0.182. The van der Waals surface area contributed by atoms with Crippen molar-refractivity contribution in [2.45, 2.75) is 38.1 Å². The molecule has 0 unspecified atom stereocenters. The molecule has 7 heteroatoms. The summed E-state index contributed by atoms with van der Waals surface area (Å²) in [7, 11) is 4.18. The van der Waals surface area contributed by atoms with Crippen LogP contribution in [-0.2, 0) is 17.9 Å². The lowest BCUT2D eigenvalue weighted by Crippen LogP contribution is -2.48. The molecule has 0 N–H and O–H groups in total. The van der Waals surface area contributed by atoms with E-state index in [0.29, 0.717) is 12.6 Å². The van der Waals surface area contributed by atoms with Crippen LogP contribution in [-0.4, -0.2) is 71.2 Å². The van der Waals surface area contributed by atoms with E-state index >= 15 is 0 Å². The van der Waals surface area contributed by atoms with Gasteiger partial charge in [-0.05, 0) is 33.0 Å². The Bertz CT molecular complexity index is 747. The number of fused-ring (bicyclic) bond motifs is 3. The van der Waals surface area contributed by atoms with Crippen molar-refractivity contribution in [3.8, 4) is 5.75 Å². The fourth-order valence-corrected chi connectivity index (χ4v) is 3.97. The average molecular weight is 371 g/mol. The molecule has 1 aromatic carbocycles. The van der Waals surface area contributed by atoms with Crippen molar-refractivity contribution < 1.29 is 9.47 Å². The average Bonchev–Trinajstić information content (AvgIpc) is 3.15. The first-order valence-corrected chi connectivity index (χ1v) is 9.79. The van der Waals surface area contributed by atoms with Crippen LogP contribution in [0.5, 0.6) is 5.75 Å². The predicted molar refractivity (Wildman–Crippen MR) is 103 cm³/mol. The highest BCUT2D eigenvalue weighted by Crippen LogP contribution is 2.31. The van der Waals surface area contributed by atoms with Crippen molar-refractivity contribution in [3.63, 3.8) is 0 Å². The zero-order chi connectivity index (χ0) is 18.6. The molecule has 0 spiro atoms. The third-order valence-corrected chi connectivity index (χ3v) is 5.39. The number of likely N-dealkylation sites (tertiary alicyclic amines) is 1. The Hall–Kier alpha value is -1.96. The molecule has 2 aliphatic heterocycles. The Balaban J connectivity index is 1.35. The molecule has 7 nitrogen and oxygen atoms in total. The van der Waals surface area contributed by atoms with E-state index in [0.717, 1.165) is 57.1 Å². The SMILES string of the molecule is CN(C)CCCOc1ccccc1CN1CC[C@H]2[C@H](C1)OCc1cnnn12. The molecule has 2 aliphatic rings. The smallest absolute Gasteiger partial charge is 0.123 e. The monoisotopic (exact) mass is 371 g/mol. The van der Waals surface area contributed by atoms with E-state index in [4.69, 9.17) is 9.47 Å². The van der Waals surface area contributed by atoms with Crippen LogP contribution >= 0.6 is 0 Å². The number of aromatic nitrogens is 3. The number of piperidine rings is 1. The third-order valence-electron chi connectivity index (χ3n) is 5.39. The molecule has 0 amide bonds. The predicted octanol–water partition coefficient (Wildman–Crippen LogP) is 1.95. The van der Waals surface area contributed by atoms with Gasteiger partial charge >= 0.3 is 0 Å². The summed E-state index contributed by atoms with van der Waals surface area (Å²) in [4.78, 5) is 4.65. The number of hydrogen-bond acceptors (Lipinski definition) is 6. The molecule has 0 bridgehead atoms. The summed E-state index contributed by atoms with van der Waals surface area (Å²) >= 11 is 0. The van der Waals surface area contributed by atoms with Crippen LogP contribution in [0.4, 0.5) is 0 Å². The van der Waals surface area contributed by atoms with Gasteiger partial charge in [0.25, 0.3) is 0 Å². The van der Waals surface area contributed by atoms with Crippen molar-refractivity contribution >= 4 is 0 Å². The molecule has 146 valence electrons. The van der Waals surface area contributed by atoms with Gasteiger partial charge < -0.3 is 14.4 Å². The molecule has 2 aromatic rings. The second-order valence-electron chi connectivity index (χ2n) is 7.72. The van der Waals surface area contributed by atoms with Gasteiger partial charge in [-0.15, -0.1) is 5.10 Å². The maximum Gasteiger partial charge on any atom is 0.123 e. The van der Waals surface area contributed by atoms with Crippen molar-refractivity contribution in [2.75, 3.05) is 40.3 Å². The Morgan fingerprint density at radius 2 is 2.19 bits per heavy atom. The van der Waals surface area contributed by atoms with Gasteiger partial charge in [-0.25, -0.2) is 4.68 Å². The van der Waals surface area contributed by atoms with Crippen LogP contribution in [0.15, 0.2) is 30.5 Å². The molecular weight excluding hydrogens is 342 g/mol. The van der Waals surface area contributed by atoms with Crippen molar-refractivity contribution in [2.24, 2.45) is 0 Å². The number of para-hydroxylation sites is 1. The quantitative estimate of drug-likeness (QED) is 0.694. The molecule has 0 aliphatic carbocycles. The van der Waals surface area contributed by atoms with Gasteiger partial charge in [-0.3, -0.25) is 4.90 Å². The van der Waals surface area contributed by atoms with Crippen LogP contribution in [0.1, 0.15) is 30.1 Å². The molecule has 1 fully saturated rings. The Kier molecular flexibility index (Phi) is 5.71. The van der Waals surface area contributed by atoms with E-state index < -0.39 is 0 Å². The van der Waals surface area contributed by atoms with E-state index in [9.17, 15) is 0 Å². The number of ether oxygens (including phenoxy) is 2. The lowest BCUT2D eigenvalue weighted by molar-refractivity contribution is -0.0705. The topological polar surface area (TPSA) is 55.6 Å². The van der Waals surface area contributed by atoms with Gasteiger partial charge in [0.2, 0.25) is 0 Å². The fourth-order valence-electron chi connectivity index (χ4n) is 3.97. The molecule has 2 atom stereocenters. The standard InChI is InChI=1S/C20H29N5O2/c1-23(2)9-5-11-26-19-7-4-3-6-16(19)13-24-10-8-18-20(14-24)27-15-17-12-21-22-25(17)18/h3-4,6-7,12,18,20H,5,8-11,13-15H2,1-2H3/t18-,20-/m0/s1. The summed E-state index contributed by atoms with van der Waals surface area (Å²) in [5, 5.41) is 8.30. The zero-order valence-electron chi connectivity index (χ0n) is 16.3. The Morgan fingerprint density at radius 1 is 1.30 bits per heavy atom. The molecule has 0 saturated carbocycles. The van der Waals surface area contributed by atoms with Crippen LogP contribution in [0.25, 0.3) is 0 Å². The lowest BCUT2D eigenvalue weighted by Gasteiger charge is -2.41. The summed E-state index contributed by atoms with van der Waals surface area (Å²) < 4.78 is 14.2. The highest BCUT2D eigenvalue weighted by molar-refractivity contribution is 5.33. The molecule has 0 radical (unpaired) electrons. The minimum absolute atomic E-state index is 0.182. The fraction of sp³-hybridized carbons (Fsp3) is 0.600. The molecule has 27 heavy (non-hydrogen) atoms. The highest BCUT2D eigenvalue weighted by Gasteiger charge is 2.36. The normalized spacial score (nSPS) is 22.5. The minimum Gasteiger partial charge on any atom is -0.493 e. The molecule has 1 saturated heterocycles. The third kappa shape index (κ3) is 4.31. The van der Waals surface area contributed by atoms with Gasteiger partial charge in [0, 0.05) is 31.7 Å². The van der Waals surface area contributed by atoms with E-state index in [1.807, 2.05) is 12.3 Å². The first-order chi connectivity index (χ1) is 13.2. The van der Waals surface area contributed by atoms with Gasteiger partial charge in [-0.2, -0.15) is 0 Å². The van der Waals surface area contributed by atoms with E-state index in [2.05, 4.69) is 57.1 Å². The van der Waals surface area contributed by atoms with Crippen LogP contribution in [0.3, 0.4) is 0 Å². The second kappa shape index (κ2) is 8.37. The van der Waals surface area contributed by atoms with E-state index in [1.54, 1.807) is 0 Å². The van der Waals surface area contributed by atoms with Gasteiger partial charge in [0.15, 0.2) is 0 Å². The van der Waals surface area contributed by atoms with E-state index in [1.165, 1.54) is 5.56 Å². The van der Waals surface area contributed by atoms with Gasteiger partial charge in [0.05, 0.1) is 37.3 Å². The maximum absolute atomic E-state index is 6.09.